The number of aliphatic hydroxyl groups excluding tert-OH is 1. The van der Waals surface area contributed by atoms with Crippen LogP contribution in [0, 0.1) is 19.8 Å². The maximum absolute atomic E-state index is 9.56. The minimum atomic E-state index is -0.240. The molecule has 1 N–H and O–H groups in total. The van der Waals surface area contributed by atoms with E-state index in [1.807, 2.05) is 26.8 Å². The lowest BCUT2D eigenvalue weighted by atomic mass is 10.0. The number of nitrogens with zero attached hydrogens (tertiary/aromatic N) is 3. The third kappa shape index (κ3) is 2.32. The first-order chi connectivity index (χ1) is 7.56. The van der Waals surface area contributed by atoms with Crippen LogP contribution < -0.4 is 4.90 Å². The second kappa shape index (κ2) is 4.37. The molecule has 88 valence electrons. The van der Waals surface area contributed by atoms with Gasteiger partial charge in [0.1, 0.15) is 0 Å². The van der Waals surface area contributed by atoms with Crippen molar-refractivity contribution >= 4 is 5.95 Å². The molecule has 1 fully saturated rings. The number of anilines is 1. The van der Waals surface area contributed by atoms with E-state index >= 15 is 0 Å². The van der Waals surface area contributed by atoms with Gasteiger partial charge in [-0.25, -0.2) is 9.97 Å². The molecule has 0 spiro atoms. The summed E-state index contributed by atoms with van der Waals surface area (Å²) in [6.45, 7) is 7.64. The number of aryl methyl sites for hydroxylation is 2. The van der Waals surface area contributed by atoms with Gasteiger partial charge in [0, 0.05) is 30.4 Å². The van der Waals surface area contributed by atoms with Crippen LogP contribution >= 0.6 is 0 Å². The molecule has 1 aromatic rings. The summed E-state index contributed by atoms with van der Waals surface area (Å²) in [4.78, 5) is 11.1. The first-order valence-corrected chi connectivity index (χ1v) is 5.81. The summed E-state index contributed by atoms with van der Waals surface area (Å²) in [6.07, 6.45) is 0.782. The first-order valence-electron chi connectivity index (χ1n) is 5.81. The fourth-order valence-corrected chi connectivity index (χ4v) is 2.21. The van der Waals surface area contributed by atoms with Gasteiger partial charge >= 0.3 is 0 Å². The summed E-state index contributed by atoms with van der Waals surface area (Å²) >= 11 is 0. The summed E-state index contributed by atoms with van der Waals surface area (Å²) in [6, 6.07) is 1.98. The molecule has 0 aliphatic carbocycles. The topological polar surface area (TPSA) is 49.2 Å². The Morgan fingerprint density at radius 2 is 2.00 bits per heavy atom. The third-order valence-electron chi connectivity index (χ3n) is 3.16. The largest absolute Gasteiger partial charge is 0.393 e. The van der Waals surface area contributed by atoms with Crippen LogP contribution in [0.25, 0.3) is 0 Å². The number of hydrogen-bond donors (Lipinski definition) is 1. The van der Waals surface area contributed by atoms with Crippen LogP contribution in [0.1, 0.15) is 24.7 Å². The van der Waals surface area contributed by atoms with Crippen LogP contribution in [0.2, 0.25) is 0 Å². The van der Waals surface area contributed by atoms with Gasteiger partial charge in [-0.3, -0.25) is 0 Å². The molecule has 1 aromatic heterocycles. The van der Waals surface area contributed by atoms with Crippen LogP contribution in [0.15, 0.2) is 6.07 Å². The Balaban J connectivity index is 2.14. The first kappa shape index (κ1) is 11.3. The van der Waals surface area contributed by atoms with Crippen molar-refractivity contribution in [3.63, 3.8) is 0 Å². The smallest absolute Gasteiger partial charge is 0.225 e. The van der Waals surface area contributed by atoms with Gasteiger partial charge in [0.05, 0.1) is 6.10 Å². The van der Waals surface area contributed by atoms with Crippen molar-refractivity contribution < 1.29 is 5.11 Å². The van der Waals surface area contributed by atoms with Crippen LogP contribution in [-0.2, 0) is 0 Å². The van der Waals surface area contributed by atoms with Crippen molar-refractivity contribution in [1.29, 1.82) is 0 Å². The Morgan fingerprint density at radius 1 is 1.38 bits per heavy atom. The molecule has 0 radical (unpaired) electrons. The van der Waals surface area contributed by atoms with Crippen LogP contribution in [0.5, 0.6) is 0 Å². The van der Waals surface area contributed by atoms with Crippen molar-refractivity contribution in [1.82, 2.24) is 9.97 Å². The van der Waals surface area contributed by atoms with E-state index in [1.165, 1.54) is 0 Å². The summed E-state index contributed by atoms with van der Waals surface area (Å²) < 4.78 is 0. The summed E-state index contributed by atoms with van der Waals surface area (Å²) in [5.41, 5.74) is 2.01. The Kier molecular flexibility index (Phi) is 3.10. The highest BCUT2D eigenvalue weighted by Gasteiger charge is 2.27. The van der Waals surface area contributed by atoms with Crippen molar-refractivity contribution in [3.8, 4) is 0 Å². The minimum Gasteiger partial charge on any atom is -0.393 e. The van der Waals surface area contributed by atoms with Gasteiger partial charge in [-0.2, -0.15) is 0 Å². The molecule has 2 atom stereocenters. The highest BCUT2D eigenvalue weighted by Crippen LogP contribution is 2.23. The van der Waals surface area contributed by atoms with Gasteiger partial charge in [-0.05, 0) is 33.3 Å². The number of aromatic nitrogens is 2. The molecule has 4 heteroatoms. The van der Waals surface area contributed by atoms with E-state index < -0.39 is 0 Å². The van der Waals surface area contributed by atoms with E-state index in [4.69, 9.17) is 0 Å². The Bertz CT molecular complexity index is 358. The standard InChI is InChI=1S/C12H19N3O/c1-8-6-9(2)14-12(13-8)15-5-4-11(7-15)10(3)16/h6,10-11,16H,4-5,7H2,1-3H3. The van der Waals surface area contributed by atoms with Gasteiger partial charge in [0.15, 0.2) is 0 Å². The van der Waals surface area contributed by atoms with Crippen LogP contribution in [0.3, 0.4) is 0 Å². The maximum atomic E-state index is 9.56. The molecule has 2 heterocycles. The normalized spacial score (nSPS) is 22.5. The Morgan fingerprint density at radius 3 is 2.50 bits per heavy atom. The fourth-order valence-electron chi connectivity index (χ4n) is 2.21. The van der Waals surface area contributed by atoms with Gasteiger partial charge in [-0.15, -0.1) is 0 Å². The predicted octanol–water partition coefficient (Wildman–Crippen LogP) is 1.30. The highest BCUT2D eigenvalue weighted by molar-refractivity contribution is 5.33. The zero-order chi connectivity index (χ0) is 11.7. The van der Waals surface area contributed by atoms with Gasteiger partial charge in [-0.1, -0.05) is 0 Å². The molecule has 16 heavy (non-hydrogen) atoms. The maximum Gasteiger partial charge on any atom is 0.225 e. The monoisotopic (exact) mass is 221 g/mol. The molecule has 0 aromatic carbocycles. The lowest BCUT2D eigenvalue weighted by molar-refractivity contribution is 0.136. The molecule has 1 aliphatic rings. The second-order valence-corrected chi connectivity index (χ2v) is 4.69. The van der Waals surface area contributed by atoms with E-state index in [1.54, 1.807) is 0 Å². The molecule has 0 saturated carbocycles. The molecule has 1 aliphatic heterocycles. The highest BCUT2D eigenvalue weighted by atomic mass is 16.3. The molecule has 2 rings (SSSR count). The number of hydrogen-bond acceptors (Lipinski definition) is 4. The van der Waals surface area contributed by atoms with Crippen molar-refractivity contribution in [2.75, 3.05) is 18.0 Å². The van der Waals surface area contributed by atoms with Crippen LogP contribution in [0.4, 0.5) is 5.95 Å². The van der Waals surface area contributed by atoms with E-state index in [0.717, 1.165) is 36.8 Å². The lowest BCUT2D eigenvalue weighted by Crippen LogP contribution is -2.25. The SMILES string of the molecule is Cc1cc(C)nc(N2CCC(C(C)O)C2)n1. The van der Waals surface area contributed by atoms with E-state index in [0.29, 0.717) is 5.92 Å². The molecule has 4 nitrogen and oxygen atoms in total. The van der Waals surface area contributed by atoms with E-state index in [9.17, 15) is 5.11 Å². The van der Waals surface area contributed by atoms with E-state index in [-0.39, 0.29) is 6.10 Å². The zero-order valence-corrected chi connectivity index (χ0v) is 10.1. The second-order valence-electron chi connectivity index (χ2n) is 4.69. The van der Waals surface area contributed by atoms with Crippen LogP contribution in [-0.4, -0.2) is 34.3 Å². The molecule has 0 bridgehead atoms. The number of aliphatic hydroxyl groups is 1. The molecular weight excluding hydrogens is 202 g/mol. The Labute approximate surface area is 96.3 Å². The fraction of sp³-hybridized carbons (Fsp3) is 0.667. The molecule has 2 unspecified atom stereocenters. The average molecular weight is 221 g/mol. The summed E-state index contributed by atoms with van der Waals surface area (Å²) in [5.74, 6) is 1.16. The summed E-state index contributed by atoms with van der Waals surface area (Å²) in [5, 5.41) is 9.56. The zero-order valence-electron chi connectivity index (χ0n) is 10.1. The third-order valence-corrected chi connectivity index (χ3v) is 3.16. The molecule has 1 saturated heterocycles. The lowest BCUT2D eigenvalue weighted by Gasteiger charge is -2.18. The number of rotatable bonds is 2. The van der Waals surface area contributed by atoms with Crippen molar-refractivity contribution in [2.45, 2.75) is 33.3 Å². The average Bonchev–Trinajstić information content (AvgIpc) is 2.64. The Hall–Kier alpha value is -1.16. The van der Waals surface area contributed by atoms with Crippen molar-refractivity contribution in [3.05, 3.63) is 17.5 Å². The van der Waals surface area contributed by atoms with Gasteiger partial charge in [0.2, 0.25) is 5.95 Å². The summed E-state index contributed by atoms with van der Waals surface area (Å²) in [7, 11) is 0. The molecule has 0 amide bonds. The van der Waals surface area contributed by atoms with Gasteiger partial charge in [0.25, 0.3) is 0 Å². The van der Waals surface area contributed by atoms with Gasteiger partial charge < -0.3 is 10.0 Å². The minimum absolute atomic E-state index is 0.240. The molecular formula is C12H19N3O. The van der Waals surface area contributed by atoms with E-state index in [2.05, 4.69) is 14.9 Å². The van der Waals surface area contributed by atoms with Crippen molar-refractivity contribution in [2.24, 2.45) is 5.92 Å². The quantitative estimate of drug-likeness (QED) is 0.818. The predicted molar refractivity (Wildman–Crippen MR) is 63.5 cm³/mol.